The first-order chi connectivity index (χ1) is 14.0. The van der Waals surface area contributed by atoms with Crippen LogP contribution in [0.5, 0.6) is 0 Å². The van der Waals surface area contributed by atoms with Gasteiger partial charge in [0.1, 0.15) is 5.52 Å². The zero-order valence-corrected chi connectivity index (χ0v) is 17.6. The number of aromatic nitrogens is 1. The van der Waals surface area contributed by atoms with Crippen molar-refractivity contribution >= 4 is 46.1 Å². The van der Waals surface area contributed by atoms with E-state index in [1.165, 1.54) is 11.8 Å². The summed E-state index contributed by atoms with van der Waals surface area (Å²) in [5.74, 6) is 0.777. The molecule has 0 aliphatic carbocycles. The van der Waals surface area contributed by atoms with Gasteiger partial charge in [0.25, 0.3) is 0 Å². The minimum atomic E-state index is -0.0777. The number of nitrogens with zero attached hydrogens (tertiary/aromatic N) is 1. The maximum absolute atomic E-state index is 12.3. The molecular formula is C23H19ClN2O2S. The van der Waals surface area contributed by atoms with Crippen LogP contribution in [0.2, 0.25) is 5.02 Å². The summed E-state index contributed by atoms with van der Waals surface area (Å²) in [6, 6.07) is 19.0. The Morgan fingerprint density at radius 1 is 1.10 bits per heavy atom. The van der Waals surface area contributed by atoms with E-state index in [-0.39, 0.29) is 5.91 Å². The Hall–Kier alpha value is -2.76. The summed E-state index contributed by atoms with van der Waals surface area (Å²) in [5, 5.41) is 3.61. The van der Waals surface area contributed by atoms with Crippen LogP contribution in [0.4, 0.5) is 5.69 Å². The van der Waals surface area contributed by atoms with Gasteiger partial charge in [-0.25, -0.2) is 4.98 Å². The first kappa shape index (κ1) is 19.6. The molecule has 1 N–H and O–H groups in total. The fourth-order valence-corrected chi connectivity index (χ4v) is 3.93. The molecule has 6 heteroatoms. The number of oxazole rings is 1. The van der Waals surface area contributed by atoms with E-state index in [0.29, 0.717) is 22.4 Å². The lowest BCUT2D eigenvalue weighted by Gasteiger charge is -2.06. The van der Waals surface area contributed by atoms with Gasteiger partial charge in [-0.15, -0.1) is 11.8 Å². The molecule has 0 atom stereocenters. The zero-order valence-electron chi connectivity index (χ0n) is 16.0. The summed E-state index contributed by atoms with van der Waals surface area (Å²) in [6.45, 7) is 4.05. The molecule has 0 unspecified atom stereocenters. The topological polar surface area (TPSA) is 55.1 Å². The SMILES string of the molecule is Cc1cc(C)c2oc(-c3cccc(NC(=O)CSc4ccc(Cl)cc4)c3)nc2c1. The molecule has 4 rings (SSSR count). The van der Waals surface area contributed by atoms with Crippen LogP contribution in [-0.4, -0.2) is 16.6 Å². The van der Waals surface area contributed by atoms with Crippen molar-refractivity contribution in [1.29, 1.82) is 0 Å². The van der Waals surface area contributed by atoms with Gasteiger partial charge in [0.15, 0.2) is 5.58 Å². The summed E-state index contributed by atoms with van der Waals surface area (Å²) in [5.41, 5.74) is 5.36. The second-order valence-corrected chi connectivity index (χ2v) is 8.31. The Labute approximate surface area is 178 Å². The molecule has 4 aromatic rings. The van der Waals surface area contributed by atoms with Crippen LogP contribution >= 0.6 is 23.4 Å². The normalized spacial score (nSPS) is 11.0. The number of anilines is 1. The van der Waals surface area contributed by atoms with Gasteiger partial charge in [0.2, 0.25) is 11.8 Å². The number of aryl methyl sites for hydroxylation is 2. The molecule has 146 valence electrons. The molecule has 1 amide bonds. The first-order valence-electron chi connectivity index (χ1n) is 9.14. The second kappa shape index (κ2) is 8.31. The number of thioether (sulfide) groups is 1. The van der Waals surface area contributed by atoms with Crippen LogP contribution in [0.25, 0.3) is 22.6 Å². The number of carbonyl (C=O) groups is 1. The molecule has 0 saturated carbocycles. The van der Waals surface area contributed by atoms with Gasteiger partial charge in [-0.05, 0) is 73.5 Å². The Balaban J connectivity index is 1.48. The third-order valence-corrected chi connectivity index (χ3v) is 5.66. The molecule has 4 nitrogen and oxygen atoms in total. The van der Waals surface area contributed by atoms with E-state index >= 15 is 0 Å². The second-order valence-electron chi connectivity index (χ2n) is 6.82. The highest BCUT2D eigenvalue weighted by Crippen LogP contribution is 2.29. The molecule has 1 heterocycles. The average molecular weight is 423 g/mol. The molecule has 0 bridgehead atoms. The molecule has 1 aromatic heterocycles. The molecule has 29 heavy (non-hydrogen) atoms. The van der Waals surface area contributed by atoms with Crippen LogP contribution in [0.15, 0.2) is 70.0 Å². The monoisotopic (exact) mass is 422 g/mol. The Kier molecular flexibility index (Phi) is 5.60. The van der Waals surface area contributed by atoms with Crippen molar-refractivity contribution in [3.8, 4) is 11.5 Å². The quantitative estimate of drug-likeness (QED) is 0.373. The average Bonchev–Trinajstić information content (AvgIpc) is 3.12. The number of carbonyl (C=O) groups excluding carboxylic acids is 1. The minimum absolute atomic E-state index is 0.0777. The standard InChI is InChI=1S/C23H19ClN2O2S/c1-14-10-15(2)22-20(11-14)26-23(28-22)16-4-3-5-18(12-16)25-21(27)13-29-19-8-6-17(24)7-9-19/h3-12H,13H2,1-2H3,(H,25,27). The van der Waals surface area contributed by atoms with Gasteiger partial charge in [-0.1, -0.05) is 23.7 Å². The highest BCUT2D eigenvalue weighted by Gasteiger charge is 2.12. The van der Waals surface area contributed by atoms with Crippen LogP contribution in [-0.2, 0) is 4.79 Å². The van der Waals surface area contributed by atoms with Gasteiger partial charge in [-0.3, -0.25) is 4.79 Å². The number of amides is 1. The zero-order chi connectivity index (χ0) is 20.4. The van der Waals surface area contributed by atoms with E-state index in [4.69, 9.17) is 16.0 Å². The highest BCUT2D eigenvalue weighted by atomic mass is 35.5. The van der Waals surface area contributed by atoms with Gasteiger partial charge >= 0.3 is 0 Å². The first-order valence-corrected chi connectivity index (χ1v) is 10.5. The van der Waals surface area contributed by atoms with Crippen LogP contribution < -0.4 is 5.32 Å². The van der Waals surface area contributed by atoms with Gasteiger partial charge in [0.05, 0.1) is 5.75 Å². The van der Waals surface area contributed by atoms with E-state index in [1.54, 1.807) is 0 Å². The van der Waals surface area contributed by atoms with Crippen molar-refractivity contribution in [2.45, 2.75) is 18.7 Å². The summed E-state index contributed by atoms with van der Waals surface area (Å²) in [6.07, 6.45) is 0. The molecule has 0 aliphatic rings. The fourth-order valence-electron chi connectivity index (χ4n) is 3.11. The Morgan fingerprint density at radius 3 is 2.69 bits per heavy atom. The van der Waals surface area contributed by atoms with Crippen LogP contribution in [0.1, 0.15) is 11.1 Å². The summed E-state index contributed by atoms with van der Waals surface area (Å²) in [4.78, 5) is 17.9. The lowest BCUT2D eigenvalue weighted by molar-refractivity contribution is -0.113. The maximum Gasteiger partial charge on any atom is 0.234 e. The van der Waals surface area contributed by atoms with E-state index in [0.717, 1.165) is 32.7 Å². The predicted octanol–water partition coefficient (Wildman–Crippen LogP) is 6.50. The third kappa shape index (κ3) is 4.63. The van der Waals surface area contributed by atoms with E-state index in [9.17, 15) is 4.79 Å². The Bertz CT molecular complexity index is 1190. The molecule has 0 spiro atoms. The lowest BCUT2D eigenvalue weighted by atomic mass is 10.1. The smallest absolute Gasteiger partial charge is 0.234 e. The van der Waals surface area contributed by atoms with Crippen LogP contribution in [0.3, 0.4) is 0 Å². The van der Waals surface area contributed by atoms with Crippen molar-refractivity contribution in [2.24, 2.45) is 0 Å². The summed E-state index contributed by atoms with van der Waals surface area (Å²) >= 11 is 7.35. The van der Waals surface area contributed by atoms with Crippen molar-refractivity contribution in [2.75, 3.05) is 11.1 Å². The Morgan fingerprint density at radius 2 is 1.90 bits per heavy atom. The highest BCUT2D eigenvalue weighted by molar-refractivity contribution is 8.00. The minimum Gasteiger partial charge on any atom is -0.436 e. The van der Waals surface area contributed by atoms with Gasteiger partial charge < -0.3 is 9.73 Å². The van der Waals surface area contributed by atoms with E-state index < -0.39 is 0 Å². The predicted molar refractivity (Wildman–Crippen MR) is 120 cm³/mol. The number of benzene rings is 3. The van der Waals surface area contributed by atoms with E-state index in [2.05, 4.69) is 16.4 Å². The van der Waals surface area contributed by atoms with Crippen molar-refractivity contribution in [1.82, 2.24) is 4.98 Å². The number of hydrogen-bond acceptors (Lipinski definition) is 4. The van der Waals surface area contributed by atoms with E-state index in [1.807, 2.05) is 68.4 Å². The number of fused-ring (bicyclic) bond motifs is 1. The van der Waals surface area contributed by atoms with Crippen LogP contribution in [0, 0.1) is 13.8 Å². The largest absolute Gasteiger partial charge is 0.436 e. The lowest BCUT2D eigenvalue weighted by Crippen LogP contribution is -2.13. The third-order valence-electron chi connectivity index (χ3n) is 4.40. The van der Waals surface area contributed by atoms with Gasteiger partial charge in [-0.2, -0.15) is 0 Å². The van der Waals surface area contributed by atoms with Crippen molar-refractivity contribution < 1.29 is 9.21 Å². The maximum atomic E-state index is 12.3. The molecule has 0 fully saturated rings. The molecule has 3 aromatic carbocycles. The summed E-state index contributed by atoms with van der Waals surface area (Å²) < 4.78 is 5.98. The van der Waals surface area contributed by atoms with Crippen molar-refractivity contribution in [3.05, 3.63) is 76.8 Å². The number of rotatable bonds is 5. The molecule has 0 radical (unpaired) electrons. The van der Waals surface area contributed by atoms with Gasteiger partial charge in [0, 0.05) is 21.2 Å². The van der Waals surface area contributed by atoms with Crippen molar-refractivity contribution in [3.63, 3.8) is 0 Å². The molecular weight excluding hydrogens is 404 g/mol. The number of halogens is 1. The number of hydrogen-bond donors (Lipinski definition) is 1. The number of nitrogens with one attached hydrogen (secondary N) is 1. The molecule has 0 aliphatic heterocycles. The summed E-state index contributed by atoms with van der Waals surface area (Å²) in [7, 11) is 0. The molecule has 0 saturated heterocycles. The fraction of sp³-hybridized carbons (Fsp3) is 0.130.